The number of hydrogen-bond acceptors (Lipinski definition) is 4. The van der Waals surface area contributed by atoms with Crippen molar-refractivity contribution in [2.45, 2.75) is 18.5 Å². The van der Waals surface area contributed by atoms with E-state index < -0.39 is 11.6 Å². The Morgan fingerprint density at radius 2 is 1.53 bits per heavy atom. The largest absolute Gasteiger partial charge is 0.355 e. The SMILES string of the molecule is CNC(=O)c1ccc(CN(C)CN2C(=O)N[C@@](Cc3ccccc3)(c3ccccc3)C2=O)cc1. The number of imide groups is 1. The Kier molecular flexibility index (Phi) is 6.75. The average Bonchev–Trinajstić information content (AvgIpc) is 3.10. The standard InChI is InChI=1S/C27H28N4O3/c1-28-24(32)22-15-13-21(14-16-22)18-30(2)19-31-25(33)27(29-26(31)34,23-11-7-4-8-12-23)17-20-9-5-3-6-10-20/h3-16H,17-19H2,1-2H3,(H,28,32)(H,29,34)/t27-/m0/s1. The van der Waals surface area contributed by atoms with Gasteiger partial charge >= 0.3 is 6.03 Å². The molecule has 7 nitrogen and oxygen atoms in total. The summed E-state index contributed by atoms with van der Waals surface area (Å²) in [4.78, 5) is 41.7. The van der Waals surface area contributed by atoms with E-state index in [2.05, 4.69) is 10.6 Å². The van der Waals surface area contributed by atoms with Crippen LogP contribution in [-0.2, 0) is 23.3 Å². The first-order valence-electron chi connectivity index (χ1n) is 11.2. The molecular formula is C27H28N4O3. The number of carbonyl (C=O) groups is 3. The molecule has 0 spiro atoms. The van der Waals surface area contributed by atoms with Crippen LogP contribution in [0.5, 0.6) is 0 Å². The van der Waals surface area contributed by atoms with Gasteiger partial charge in [0.25, 0.3) is 11.8 Å². The molecule has 34 heavy (non-hydrogen) atoms. The van der Waals surface area contributed by atoms with Gasteiger partial charge in [-0.1, -0.05) is 72.8 Å². The molecule has 1 heterocycles. The van der Waals surface area contributed by atoms with Crippen molar-refractivity contribution in [1.29, 1.82) is 0 Å². The molecule has 2 N–H and O–H groups in total. The van der Waals surface area contributed by atoms with Crippen molar-refractivity contribution in [3.8, 4) is 0 Å². The second-order valence-electron chi connectivity index (χ2n) is 8.53. The molecule has 7 heteroatoms. The predicted octanol–water partition coefficient (Wildman–Crippen LogP) is 3.13. The van der Waals surface area contributed by atoms with Gasteiger partial charge in [0.2, 0.25) is 0 Å². The summed E-state index contributed by atoms with van der Waals surface area (Å²) in [5.74, 6) is -0.413. The first kappa shape index (κ1) is 23.2. The Morgan fingerprint density at radius 3 is 2.15 bits per heavy atom. The number of nitrogens with one attached hydrogen (secondary N) is 2. The van der Waals surface area contributed by atoms with Crippen molar-refractivity contribution in [2.24, 2.45) is 0 Å². The average molecular weight is 457 g/mol. The van der Waals surface area contributed by atoms with E-state index in [0.29, 0.717) is 18.5 Å². The van der Waals surface area contributed by atoms with Gasteiger partial charge in [-0.3, -0.25) is 14.5 Å². The van der Waals surface area contributed by atoms with Gasteiger partial charge in [0.1, 0.15) is 0 Å². The lowest BCUT2D eigenvalue weighted by Crippen LogP contribution is -2.46. The number of carbonyl (C=O) groups excluding carboxylic acids is 3. The molecule has 0 aromatic heterocycles. The van der Waals surface area contributed by atoms with Crippen LogP contribution >= 0.6 is 0 Å². The lowest BCUT2D eigenvalue weighted by Gasteiger charge is -2.28. The van der Waals surface area contributed by atoms with Crippen LogP contribution in [-0.4, -0.2) is 48.4 Å². The normalized spacial score (nSPS) is 17.7. The molecule has 1 aliphatic rings. The third kappa shape index (κ3) is 4.70. The Morgan fingerprint density at radius 1 is 0.912 bits per heavy atom. The summed E-state index contributed by atoms with van der Waals surface area (Å²) in [6.07, 6.45) is 0.365. The van der Waals surface area contributed by atoms with Crippen molar-refractivity contribution in [1.82, 2.24) is 20.4 Å². The van der Waals surface area contributed by atoms with Crippen molar-refractivity contribution < 1.29 is 14.4 Å². The number of hydrogen-bond donors (Lipinski definition) is 2. The van der Waals surface area contributed by atoms with Crippen LogP contribution in [0.15, 0.2) is 84.9 Å². The maximum atomic E-state index is 13.8. The monoisotopic (exact) mass is 456 g/mol. The number of rotatable bonds is 8. The zero-order valence-electron chi connectivity index (χ0n) is 19.3. The van der Waals surface area contributed by atoms with Gasteiger partial charge in [-0.15, -0.1) is 0 Å². The van der Waals surface area contributed by atoms with E-state index in [-0.39, 0.29) is 18.5 Å². The van der Waals surface area contributed by atoms with Crippen molar-refractivity contribution >= 4 is 17.8 Å². The van der Waals surface area contributed by atoms with Gasteiger partial charge in [-0.25, -0.2) is 9.69 Å². The van der Waals surface area contributed by atoms with E-state index in [0.717, 1.165) is 16.7 Å². The molecule has 0 aliphatic carbocycles. The quantitative estimate of drug-likeness (QED) is 0.511. The lowest BCUT2D eigenvalue weighted by molar-refractivity contribution is -0.133. The summed E-state index contributed by atoms with van der Waals surface area (Å²) in [6, 6.07) is 25.9. The highest BCUT2D eigenvalue weighted by atomic mass is 16.2. The predicted molar refractivity (Wildman–Crippen MR) is 130 cm³/mol. The van der Waals surface area contributed by atoms with Crippen molar-refractivity contribution in [3.05, 3.63) is 107 Å². The van der Waals surface area contributed by atoms with Crippen LogP contribution in [0.2, 0.25) is 0 Å². The Labute approximate surface area is 199 Å². The van der Waals surface area contributed by atoms with E-state index in [1.807, 2.05) is 84.7 Å². The first-order valence-corrected chi connectivity index (χ1v) is 11.2. The molecule has 0 bridgehead atoms. The maximum Gasteiger partial charge on any atom is 0.326 e. The fraction of sp³-hybridized carbons (Fsp3) is 0.222. The minimum atomic E-state index is -1.16. The second-order valence-corrected chi connectivity index (χ2v) is 8.53. The summed E-state index contributed by atoms with van der Waals surface area (Å²) in [5.41, 5.74) is 2.12. The molecule has 1 fully saturated rings. The zero-order chi connectivity index (χ0) is 24.1. The number of nitrogens with zero attached hydrogens (tertiary/aromatic N) is 2. The number of amides is 4. The smallest absolute Gasteiger partial charge is 0.326 e. The van der Waals surface area contributed by atoms with Crippen molar-refractivity contribution in [3.63, 3.8) is 0 Å². The van der Waals surface area contributed by atoms with Gasteiger partial charge in [-0.2, -0.15) is 0 Å². The summed E-state index contributed by atoms with van der Waals surface area (Å²) < 4.78 is 0. The third-order valence-electron chi connectivity index (χ3n) is 6.03. The first-order chi connectivity index (χ1) is 16.4. The van der Waals surface area contributed by atoms with Crippen LogP contribution in [0.25, 0.3) is 0 Å². The number of urea groups is 1. The molecule has 0 unspecified atom stereocenters. The molecule has 1 aliphatic heterocycles. The fourth-order valence-corrected chi connectivity index (χ4v) is 4.31. The highest BCUT2D eigenvalue weighted by Crippen LogP contribution is 2.33. The maximum absolute atomic E-state index is 13.8. The lowest BCUT2D eigenvalue weighted by atomic mass is 9.83. The molecule has 3 aromatic carbocycles. The second kappa shape index (κ2) is 9.89. The molecule has 0 radical (unpaired) electrons. The minimum absolute atomic E-state index is 0.144. The molecule has 0 saturated carbocycles. The molecule has 4 rings (SSSR count). The molecular weight excluding hydrogens is 428 g/mol. The van der Waals surface area contributed by atoms with E-state index in [9.17, 15) is 14.4 Å². The molecule has 174 valence electrons. The van der Waals surface area contributed by atoms with Crippen molar-refractivity contribution in [2.75, 3.05) is 20.8 Å². The molecule has 1 atom stereocenters. The molecule has 4 amide bonds. The van der Waals surface area contributed by atoms with E-state index in [1.165, 1.54) is 4.90 Å². The fourth-order valence-electron chi connectivity index (χ4n) is 4.31. The van der Waals surface area contributed by atoms with Gasteiger partial charge < -0.3 is 10.6 Å². The summed E-state index contributed by atoms with van der Waals surface area (Å²) >= 11 is 0. The summed E-state index contributed by atoms with van der Waals surface area (Å²) in [5, 5.41) is 5.59. The Hall–Kier alpha value is -3.97. The third-order valence-corrected chi connectivity index (χ3v) is 6.03. The van der Waals surface area contributed by atoms with Gasteiger partial charge in [0.15, 0.2) is 5.54 Å². The summed E-state index contributed by atoms with van der Waals surface area (Å²) in [7, 11) is 3.45. The van der Waals surface area contributed by atoms with Gasteiger partial charge in [0, 0.05) is 25.6 Å². The highest BCUT2D eigenvalue weighted by molar-refractivity contribution is 6.07. The zero-order valence-corrected chi connectivity index (χ0v) is 19.3. The van der Waals surface area contributed by atoms with Crippen LogP contribution in [0, 0.1) is 0 Å². The topological polar surface area (TPSA) is 81.8 Å². The highest BCUT2D eigenvalue weighted by Gasteiger charge is 2.52. The van der Waals surface area contributed by atoms with Gasteiger partial charge in [-0.05, 0) is 35.9 Å². The Balaban J connectivity index is 1.53. The molecule has 1 saturated heterocycles. The summed E-state index contributed by atoms with van der Waals surface area (Å²) in [6.45, 7) is 0.660. The molecule has 3 aromatic rings. The van der Waals surface area contributed by atoms with Crippen LogP contribution in [0.3, 0.4) is 0 Å². The Bertz CT molecular complexity index is 1170. The van der Waals surface area contributed by atoms with Crippen LogP contribution < -0.4 is 10.6 Å². The minimum Gasteiger partial charge on any atom is -0.355 e. The van der Waals surface area contributed by atoms with E-state index >= 15 is 0 Å². The van der Waals surface area contributed by atoms with Gasteiger partial charge in [0.05, 0.1) is 6.67 Å². The van der Waals surface area contributed by atoms with E-state index in [1.54, 1.807) is 19.2 Å². The number of benzene rings is 3. The van der Waals surface area contributed by atoms with Crippen LogP contribution in [0.1, 0.15) is 27.0 Å². The van der Waals surface area contributed by atoms with Crippen LogP contribution in [0.4, 0.5) is 4.79 Å². The van der Waals surface area contributed by atoms with E-state index in [4.69, 9.17) is 0 Å².